The van der Waals surface area contributed by atoms with Crippen LogP contribution in [0.4, 0.5) is 0 Å². The molecule has 1 atom stereocenters. The molecular formula is C16H15ClN4. The Morgan fingerprint density at radius 3 is 2.76 bits per heavy atom. The molecule has 0 saturated carbocycles. The summed E-state index contributed by atoms with van der Waals surface area (Å²) in [6.45, 7) is 2.27. The molecule has 21 heavy (non-hydrogen) atoms. The Kier molecular flexibility index (Phi) is 2.93. The van der Waals surface area contributed by atoms with Crippen LogP contribution in [0.5, 0.6) is 0 Å². The number of nitrogens with zero attached hydrogens (tertiary/aromatic N) is 4. The molecule has 2 aromatic heterocycles. The maximum Gasteiger partial charge on any atom is 0.185 e. The van der Waals surface area contributed by atoms with Gasteiger partial charge in [-0.2, -0.15) is 9.61 Å². The van der Waals surface area contributed by atoms with Crippen LogP contribution in [0.2, 0.25) is 5.15 Å². The van der Waals surface area contributed by atoms with E-state index < -0.39 is 0 Å². The second-order valence-electron chi connectivity index (χ2n) is 5.72. The Labute approximate surface area is 127 Å². The van der Waals surface area contributed by atoms with Crippen molar-refractivity contribution in [3.63, 3.8) is 0 Å². The zero-order chi connectivity index (χ0) is 14.4. The summed E-state index contributed by atoms with van der Waals surface area (Å²) in [5.74, 6) is 1.39. The molecule has 0 fully saturated rings. The lowest BCUT2D eigenvalue weighted by molar-refractivity contribution is 0.499. The number of halogens is 1. The highest BCUT2D eigenvalue weighted by Gasteiger charge is 2.24. The van der Waals surface area contributed by atoms with Crippen LogP contribution < -0.4 is 0 Å². The molecule has 0 N–H and O–H groups in total. The van der Waals surface area contributed by atoms with Gasteiger partial charge in [-0.25, -0.2) is 0 Å². The highest BCUT2D eigenvalue weighted by Crippen LogP contribution is 2.32. The van der Waals surface area contributed by atoms with Gasteiger partial charge in [-0.3, -0.25) is 0 Å². The average Bonchev–Trinajstić information content (AvgIpc) is 2.92. The van der Waals surface area contributed by atoms with Gasteiger partial charge in [0.1, 0.15) is 0 Å². The van der Waals surface area contributed by atoms with Crippen molar-refractivity contribution in [2.24, 2.45) is 5.92 Å². The van der Waals surface area contributed by atoms with Crippen LogP contribution in [0.1, 0.15) is 24.5 Å². The lowest BCUT2D eigenvalue weighted by Gasteiger charge is -2.22. The third kappa shape index (κ3) is 2.02. The molecule has 1 aliphatic rings. The molecule has 1 unspecified atom stereocenters. The van der Waals surface area contributed by atoms with Crippen molar-refractivity contribution in [2.75, 3.05) is 0 Å². The molecule has 5 heteroatoms. The maximum absolute atomic E-state index is 6.40. The van der Waals surface area contributed by atoms with Crippen LogP contribution in [0.15, 0.2) is 30.3 Å². The van der Waals surface area contributed by atoms with Crippen LogP contribution in [-0.4, -0.2) is 19.8 Å². The van der Waals surface area contributed by atoms with E-state index in [-0.39, 0.29) is 0 Å². The molecule has 3 aromatic rings. The number of hydrogen-bond donors (Lipinski definition) is 0. The van der Waals surface area contributed by atoms with E-state index in [0.717, 1.165) is 41.9 Å². The van der Waals surface area contributed by atoms with E-state index in [2.05, 4.69) is 22.2 Å². The van der Waals surface area contributed by atoms with Gasteiger partial charge in [-0.15, -0.1) is 10.2 Å². The van der Waals surface area contributed by atoms with Crippen molar-refractivity contribution in [1.82, 2.24) is 19.8 Å². The number of rotatable bonds is 1. The highest BCUT2D eigenvalue weighted by molar-refractivity contribution is 6.30. The second-order valence-corrected chi connectivity index (χ2v) is 6.08. The lowest BCUT2D eigenvalue weighted by Crippen LogP contribution is -2.15. The summed E-state index contributed by atoms with van der Waals surface area (Å²) in [4.78, 5) is 0. The normalized spacial score (nSPS) is 17.9. The second kappa shape index (κ2) is 4.81. The van der Waals surface area contributed by atoms with Crippen molar-refractivity contribution >= 4 is 17.2 Å². The van der Waals surface area contributed by atoms with Crippen molar-refractivity contribution in [1.29, 1.82) is 0 Å². The molecule has 0 aliphatic heterocycles. The first-order chi connectivity index (χ1) is 10.2. The van der Waals surface area contributed by atoms with E-state index in [9.17, 15) is 0 Å². The van der Waals surface area contributed by atoms with Crippen LogP contribution in [-0.2, 0) is 12.8 Å². The van der Waals surface area contributed by atoms with Gasteiger partial charge in [-0.1, -0.05) is 48.9 Å². The SMILES string of the molecule is CC1CCc2c(Cl)nn3c(-c4ccccc4)nnc3c2C1. The topological polar surface area (TPSA) is 43.1 Å². The predicted octanol–water partition coefficient (Wildman–Crippen LogP) is 3.57. The van der Waals surface area contributed by atoms with Crippen LogP contribution in [0.25, 0.3) is 17.0 Å². The molecular weight excluding hydrogens is 284 g/mol. The molecule has 106 valence electrons. The van der Waals surface area contributed by atoms with E-state index in [1.807, 2.05) is 30.3 Å². The smallest absolute Gasteiger partial charge is 0.185 e. The molecule has 4 rings (SSSR count). The van der Waals surface area contributed by atoms with Gasteiger partial charge >= 0.3 is 0 Å². The fraction of sp³-hybridized carbons (Fsp3) is 0.312. The lowest BCUT2D eigenvalue weighted by atomic mass is 9.86. The molecule has 0 spiro atoms. The van der Waals surface area contributed by atoms with Gasteiger partial charge in [-0.05, 0) is 30.7 Å². The largest absolute Gasteiger partial charge is 0.191 e. The highest BCUT2D eigenvalue weighted by atomic mass is 35.5. The van der Waals surface area contributed by atoms with Crippen molar-refractivity contribution < 1.29 is 0 Å². The number of hydrogen-bond acceptors (Lipinski definition) is 3. The minimum Gasteiger partial charge on any atom is -0.191 e. The third-order valence-corrected chi connectivity index (χ3v) is 4.49. The fourth-order valence-corrected chi connectivity index (χ4v) is 3.33. The van der Waals surface area contributed by atoms with E-state index in [1.165, 1.54) is 5.56 Å². The van der Waals surface area contributed by atoms with Gasteiger partial charge in [0, 0.05) is 11.1 Å². The maximum atomic E-state index is 6.40. The first-order valence-electron chi connectivity index (χ1n) is 7.22. The molecule has 0 amide bonds. The van der Waals surface area contributed by atoms with Crippen LogP contribution in [0, 0.1) is 5.92 Å². The van der Waals surface area contributed by atoms with Gasteiger partial charge in [0.2, 0.25) is 0 Å². The van der Waals surface area contributed by atoms with Crippen molar-refractivity contribution in [3.8, 4) is 11.4 Å². The van der Waals surface area contributed by atoms with E-state index >= 15 is 0 Å². The fourth-order valence-electron chi connectivity index (χ4n) is 3.05. The minimum atomic E-state index is 0.585. The van der Waals surface area contributed by atoms with Gasteiger partial charge in [0.05, 0.1) is 0 Å². The number of benzene rings is 1. The molecule has 4 nitrogen and oxygen atoms in total. The summed E-state index contributed by atoms with van der Waals surface area (Å²) in [5, 5.41) is 13.8. The molecule has 0 radical (unpaired) electrons. The Morgan fingerprint density at radius 1 is 1.14 bits per heavy atom. The molecule has 0 saturated heterocycles. The van der Waals surface area contributed by atoms with E-state index in [1.54, 1.807) is 4.52 Å². The summed E-state index contributed by atoms with van der Waals surface area (Å²) >= 11 is 6.40. The number of fused-ring (bicyclic) bond motifs is 3. The zero-order valence-electron chi connectivity index (χ0n) is 11.8. The van der Waals surface area contributed by atoms with Crippen molar-refractivity contribution in [3.05, 3.63) is 46.6 Å². The standard InChI is InChI=1S/C16H15ClN4/c1-10-7-8-12-13(9-10)16-19-18-15(21(16)20-14(12)17)11-5-3-2-4-6-11/h2-6,10H,7-9H2,1H3. The summed E-state index contributed by atoms with van der Waals surface area (Å²) in [6, 6.07) is 9.97. The van der Waals surface area contributed by atoms with Crippen LogP contribution >= 0.6 is 11.6 Å². The van der Waals surface area contributed by atoms with E-state index in [4.69, 9.17) is 11.6 Å². The number of aromatic nitrogens is 4. The van der Waals surface area contributed by atoms with Crippen LogP contribution in [0.3, 0.4) is 0 Å². The summed E-state index contributed by atoms with van der Waals surface area (Å²) in [7, 11) is 0. The Bertz CT molecular complexity index is 810. The van der Waals surface area contributed by atoms with Gasteiger partial charge < -0.3 is 0 Å². The van der Waals surface area contributed by atoms with E-state index in [0.29, 0.717) is 11.1 Å². The van der Waals surface area contributed by atoms with Gasteiger partial charge in [0.25, 0.3) is 0 Å². The minimum absolute atomic E-state index is 0.585. The molecule has 1 aliphatic carbocycles. The summed E-state index contributed by atoms with van der Waals surface area (Å²) in [6.07, 6.45) is 3.13. The van der Waals surface area contributed by atoms with Crippen molar-refractivity contribution in [2.45, 2.75) is 26.2 Å². The summed E-state index contributed by atoms with van der Waals surface area (Å²) < 4.78 is 1.79. The first kappa shape index (κ1) is 12.8. The quantitative estimate of drug-likeness (QED) is 0.690. The predicted molar refractivity (Wildman–Crippen MR) is 82.4 cm³/mol. The Morgan fingerprint density at radius 2 is 1.95 bits per heavy atom. The summed E-state index contributed by atoms with van der Waals surface area (Å²) in [5.41, 5.74) is 4.20. The molecule has 1 aromatic carbocycles. The third-order valence-electron chi connectivity index (χ3n) is 4.18. The Balaban J connectivity index is 1.98. The zero-order valence-corrected chi connectivity index (χ0v) is 12.5. The molecule has 0 bridgehead atoms. The van der Waals surface area contributed by atoms with Gasteiger partial charge in [0.15, 0.2) is 16.6 Å². The Hall–Kier alpha value is -1.94. The average molecular weight is 299 g/mol. The molecule has 2 heterocycles. The monoisotopic (exact) mass is 298 g/mol. The first-order valence-corrected chi connectivity index (χ1v) is 7.60.